The Balaban J connectivity index is 1.99. The summed E-state index contributed by atoms with van der Waals surface area (Å²) < 4.78 is 5.82. The Kier molecular flexibility index (Phi) is 4.81. The van der Waals surface area contributed by atoms with Gasteiger partial charge in [0.2, 0.25) is 0 Å². The molecule has 94 valence electrons. The zero-order chi connectivity index (χ0) is 12.1. The van der Waals surface area contributed by atoms with E-state index < -0.39 is 0 Å². The Labute approximate surface area is 107 Å². The molecule has 1 heterocycles. The zero-order valence-electron chi connectivity index (χ0n) is 10.8. The second-order valence-corrected chi connectivity index (χ2v) is 6.90. The van der Waals surface area contributed by atoms with Gasteiger partial charge in [-0.05, 0) is 37.0 Å². The molecule has 17 heavy (non-hydrogen) atoms. The van der Waals surface area contributed by atoms with Crippen molar-refractivity contribution < 1.29 is 4.74 Å². The predicted octanol–water partition coefficient (Wildman–Crippen LogP) is 4.02. The van der Waals surface area contributed by atoms with Gasteiger partial charge in [0.1, 0.15) is 0 Å². The lowest BCUT2D eigenvalue weighted by atomic mass is 10.0. The second kappa shape index (κ2) is 6.36. The minimum Gasteiger partial charge on any atom is -0.368 e. The van der Waals surface area contributed by atoms with Gasteiger partial charge in [-0.2, -0.15) is 10.5 Å². The van der Waals surface area contributed by atoms with Crippen LogP contribution in [0.2, 0.25) is 0 Å². The molecule has 0 saturated carbocycles. The largest absolute Gasteiger partial charge is 0.368 e. The number of rotatable bonds is 4. The van der Waals surface area contributed by atoms with Crippen molar-refractivity contribution in [2.24, 2.45) is 0 Å². The molecule has 0 radical (unpaired) electrons. The smallest absolute Gasteiger partial charge is 0.0979 e. The topological polar surface area (TPSA) is 9.23 Å². The van der Waals surface area contributed by atoms with Gasteiger partial charge in [0, 0.05) is 6.61 Å². The summed E-state index contributed by atoms with van der Waals surface area (Å²) in [5.74, 6) is 1.85. The Bertz CT molecular complexity index is 366. The molecule has 1 aliphatic heterocycles. The maximum Gasteiger partial charge on any atom is 0.0979 e. The van der Waals surface area contributed by atoms with Crippen molar-refractivity contribution in [2.45, 2.75) is 38.0 Å². The average Bonchev–Trinajstić information content (AvgIpc) is 2.90. The van der Waals surface area contributed by atoms with Gasteiger partial charge in [0.25, 0.3) is 0 Å². The normalized spacial score (nSPS) is 23.8. The molecule has 2 rings (SSSR count). The van der Waals surface area contributed by atoms with Crippen LogP contribution in [0, 0.1) is 0 Å². The maximum atomic E-state index is 5.82. The van der Waals surface area contributed by atoms with Crippen molar-refractivity contribution in [3.05, 3.63) is 35.9 Å². The van der Waals surface area contributed by atoms with Crippen molar-refractivity contribution in [1.82, 2.24) is 0 Å². The lowest BCUT2D eigenvalue weighted by Crippen LogP contribution is -2.08. The fraction of sp³-hybridized carbons (Fsp3) is 0.533. The molecule has 3 atom stereocenters. The molecule has 0 aromatic heterocycles. The highest BCUT2D eigenvalue weighted by atomic mass is 32.2. The first-order chi connectivity index (χ1) is 8.31. The summed E-state index contributed by atoms with van der Waals surface area (Å²) in [7, 11) is 0.315. The summed E-state index contributed by atoms with van der Waals surface area (Å²) in [5, 5.41) is 2.36. The summed E-state index contributed by atoms with van der Waals surface area (Å²) in [5.41, 5.74) is 1.94. The average molecular weight is 250 g/mol. The first-order valence-corrected chi connectivity index (χ1v) is 7.98. The van der Waals surface area contributed by atoms with E-state index in [4.69, 9.17) is 4.74 Å². The summed E-state index contributed by atoms with van der Waals surface area (Å²) >= 11 is 0. The fourth-order valence-electron chi connectivity index (χ4n) is 2.31. The van der Waals surface area contributed by atoms with Crippen LogP contribution in [0.4, 0.5) is 0 Å². The molecule has 1 aromatic carbocycles. The molecule has 2 heteroatoms. The van der Waals surface area contributed by atoms with Gasteiger partial charge in [-0.1, -0.05) is 42.6 Å². The van der Waals surface area contributed by atoms with Crippen molar-refractivity contribution in [2.75, 3.05) is 12.4 Å². The molecule has 0 bridgehead atoms. The van der Waals surface area contributed by atoms with Gasteiger partial charge in [-0.15, -0.1) is 0 Å². The molecule has 1 aromatic rings. The van der Waals surface area contributed by atoms with Crippen LogP contribution >= 0.6 is 10.5 Å². The van der Waals surface area contributed by atoms with E-state index in [2.05, 4.69) is 49.5 Å². The van der Waals surface area contributed by atoms with Gasteiger partial charge >= 0.3 is 0 Å². The van der Waals surface area contributed by atoms with Crippen molar-refractivity contribution in [3.8, 4) is 0 Å². The van der Waals surface area contributed by atoms with E-state index in [1.165, 1.54) is 24.2 Å². The third-order valence-corrected chi connectivity index (χ3v) is 5.88. The van der Waals surface area contributed by atoms with E-state index in [1.807, 2.05) is 0 Å². The van der Waals surface area contributed by atoms with Crippen LogP contribution < -0.4 is 0 Å². The van der Waals surface area contributed by atoms with Crippen molar-refractivity contribution in [1.29, 1.82) is 0 Å². The highest BCUT2D eigenvalue weighted by molar-refractivity contribution is 8.15. The molecule has 1 fully saturated rings. The number of ether oxygens (including phenoxy) is 1. The molecule has 1 aliphatic rings. The van der Waals surface area contributed by atoms with Crippen molar-refractivity contribution in [3.63, 3.8) is 0 Å². The fourth-order valence-corrected chi connectivity index (χ4v) is 4.53. The molecular formula is C15H22OS. The zero-order valence-corrected chi connectivity index (χ0v) is 11.6. The van der Waals surface area contributed by atoms with Crippen LogP contribution in [0.3, 0.4) is 0 Å². The second-order valence-electron chi connectivity index (χ2n) is 4.63. The van der Waals surface area contributed by atoms with Crippen LogP contribution in [0.1, 0.15) is 38.2 Å². The van der Waals surface area contributed by atoms with E-state index in [0.29, 0.717) is 21.8 Å². The van der Waals surface area contributed by atoms with E-state index in [1.54, 1.807) is 0 Å². The van der Waals surface area contributed by atoms with Crippen LogP contribution in [-0.4, -0.2) is 23.2 Å². The van der Waals surface area contributed by atoms with Gasteiger partial charge in [0.05, 0.1) is 5.44 Å². The summed E-state index contributed by atoms with van der Waals surface area (Å²) in [6, 6.07) is 10.8. The van der Waals surface area contributed by atoms with Crippen molar-refractivity contribution >= 4 is 15.9 Å². The summed E-state index contributed by atoms with van der Waals surface area (Å²) in [6.45, 7) is 5.47. The highest BCUT2D eigenvalue weighted by Crippen LogP contribution is 2.34. The monoisotopic (exact) mass is 250 g/mol. The third-order valence-electron chi connectivity index (χ3n) is 3.34. The first kappa shape index (κ1) is 12.8. The van der Waals surface area contributed by atoms with Gasteiger partial charge < -0.3 is 4.74 Å². The summed E-state index contributed by atoms with van der Waals surface area (Å²) in [6.07, 6.45) is 2.48. The van der Waals surface area contributed by atoms with Gasteiger partial charge in [-0.3, -0.25) is 0 Å². The number of benzene rings is 1. The Morgan fingerprint density at radius 3 is 2.76 bits per heavy atom. The number of hydrogen-bond acceptors (Lipinski definition) is 1. The maximum absolute atomic E-state index is 5.82. The van der Waals surface area contributed by atoms with Crippen LogP contribution in [0.5, 0.6) is 0 Å². The molecule has 1 nitrogen and oxygen atoms in total. The van der Waals surface area contributed by atoms with Crippen LogP contribution in [0.15, 0.2) is 30.3 Å². The van der Waals surface area contributed by atoms with Crippen LogP contribution in [-0.2, 0) is 4.74 Å². The van der Waals surface area contributed by atoms with Gasteiger partial charge in [0.15, 0.2) is 0 Å². The molecular weight excluding hydrogens is 228 g/mol. The minimum atomic E-state index is 0.315. The Morgan fingerprint density at radius 2 is 2.18 bits per heavy atom. The molecule has 1 saturated heterocycles. The number of hydrogen-bond donors (Lipinski definition) is 0. The van der Waals surface area contributed by atoms with E-state index in [0.717, 1.165) is 6.61 Å². The standard InChI is InChI=1S/C15H22OS/c1-3-17(15-10-7-11-16-15)12-13(2)14-8-5-4-6-9-14/h3-6,8-9,13,15H,7,10-12H2,1-2H3. The molecule has 0 spiro atoms. The van der Waals surface area contributed by atoms with Gasteiger partial charge in [-0.25, -0.2) is 0 Å². The van der Waals surface area contributed by atoms with E-state index >= 15 is 0 Å². The predicted molar refractivity (Wildman–Crippen MR) is 78.0 cm³/mol. The quantitative estimate of drug-likeness (QED) is 0.733. The highest BCUT2D eigenvalue weighted by Gasteiger charge is 2.20. The molecule has 3 unspecified atom stereocenters. The minimum absolute atomic E-state index is 0.315. The lowest BCUT2D eigenvalue weighted by Gasteiger charge is -2.20. The first-order valence-electron chi connectivity index (χ1n) is 6.46. The molecule has 0 N–H and O–H groups in total. The van der Waals surface area contributed by atoms with Crippen LogP contribution in [0.25, 0.3) is 0 Å². The molecule has 0 aliphatic carbocycles. The van der Waals surface area contributed by atoms with E-state index in [9.17, 15) is 0 Å². The Hall–Kier alpha value is -0.600. The van der Waals surface area contributed by atoms with E-state index in [-0.39, 0.29) is 0 Å². The third kappa shape index (κ3) is 3.43. The molecule has 0 amide bonds. The summed E-state index contributed by atoms with van der Waals surface area (Å²) in [4.78, 5) is 0. The Morgan fingerprint density at radius 1 is 1.41 bits per heavy atom. The SMILES string of the molecule is CC=S(CC(C)c1ccccc1)C1CCCO1. The lowest BCUT2D eigenvalue weighted by molar-refractivity contribution is 0.173.